The highest BCUT2D eigenvalue weighted by atomic mass is 32.1. The maximum absolute atomic E-state index is 5.55. The second-order valence-corrected chi connectivity index (χ2v) is 4.11. The lowest BCUT2D eigenvalue weighted by Gasteiger charge is -2.04. The van der Waals surface area contributed by atoms with Crippen molar-refractivity contribution in [3.8, 4) is 0 Å². The fraction of sp³-hybridized carbons (Fsp3) is 0.222. The van der Waals surface area contributed by atoms with Crippen LogP contribution in [0.5, 0.6) is 0 Å². The largest absolute Gasteiger partial charge is 0.269 e. The molecular formula is C9H11N3S. The molecule has 0 bridgehead atoms. The van der Waals surface area contributed by atoms with Crippen molar-refractivity contribution < 1.29 is 0 Å². The molecule has 0 unspecified atom stereocenters. The van der Waals surface area contributed by atoms with Crippen LogP contribution in [-0.4, -0.2) is 17.0 Å². The highest BCUT2D eigenvalue weighted by molar-refractivity contribution is 7.18. The van der Waals surface area contributed by atoms with E-state index in [0.717, 1.165) is 10.5 Å². The zero-order chi connectivity index (χ0) is 9.26. The summed E-state index contributed by atoms with van der Waals surface area (Å²) in [5.74, 6) is 5.55. The molecule has 0 saturated carbocycles. The SMILES string of the molecule is CN(N)Cc1nc2ccccc2s1. The van der Waals surface area contributed by atoms with Gasteiger partial charge in [0.1, 0.15) is 5.01 Å². The van der Waals surface area contributed by atoms with Gasteiger partial charge < -0.3 is 0 Å². The van der Waals surface area contributed by atoms with Crippen molar-refractivity contribution >= 4 is 21.6 Å². The second kappa shape index (κ2) is 3.41. The van der Waals surface area contributed by atoms with Crippen molar-refractivity contribution in [3.05, 3.63) is 29.3 Å². The number of hydrazine groups is 1. The average Bonchev–Trinajstić information content (AvgIpc) is 2.44. The first-order valence-electron chi connectivity index (χ1n) is 4.06. The standard InChI is InChI=1S/C9H11N3S/c1-12(10)6-9-11-7-4-2-3-5-8(7)13-9/h2-5H,6,10H2,1H3. The molecule has 2 rings (SSSR count). The van der Waals surface area contributed by atoms with Gasteiger partial charge in [-0.3, -0.25) is 5.84 Å². The molecular weight excluding hydrogens is 182 g/mol. The Morgan fingerprint density at radius 1 is 1.46 bits per heavy atom. The minimum Gasteiger partial charge on any atom is -0.269 e. The summed E-state index contributed by atoms with van der Waals surface area (Å²) in [5.41, 5.74) is 1.06. The van der Waals surface area contributed by atoms with Crippen LogP contribution in [0.1, 0.15) is 5.01 Å². The Bertz CT molecular complexity index is 375. The normalized spacial score (nSPS) is 11.3. The monoisotopic (exact) mass is 193 g/mol. The molecule has 1 aromatic carbocycles. The lowest BCUT2D eigenvalue weighted by molar-refractivity contribution is 0.341. The topological polar surface area (TPSA) is 42.1 Å². The number of nitrogens with zero attached hydrogens (tertiary/aromatic N) is 2. The van der Waals surface area contributed by atoms with Crippen LogP contribution in [-0.2, 0) is 6.54 Å². The van der Waals surface area contributed by atoms with Crippen LogP contribution < -0.4 is 5.84 Å². The molecule has 2 N–H and O–H groups in total. The lowest BCUT2D eigenvalue weighted by atomic mass is 10.3. The Hall–Kier alpha value is -0.970. The molecule has 0 saturated heterocycles. The first-order chi connectivity index (χ1) is 6.25. The molecule has 0 radical (unpaired) electrons. The third-order valence-electron chi connectivity index (χ3n) is 1.72. The van der Waals surface area contributed by atoms with Crippen LogP contribution in [0.4, 0.5) is 0 Å². The smallest absolute Gasteiger partial charge is 0.109 e. The van der Waals surface area contributed by atoms with Gasteiger partial charge in [0, 0.05) is 7.05 Å². The summed E-state index contributed by atoms with van der Waals surface area (Å²) >= 11 is 1.69. The van der Waals surface area contributed by atoms with Crippen LogP contribution in [0.15, 0.2) is 24.3 Å². The number of benzene rings is 1. The lowest BCUT2D eigenvalue weighted by Crippen LogP contribution is -2.24. The number of aromatic nitrogens is 1. The number of para-hydroxylation sites is 1. The van der Waals surface area contributed by atoms with Gasteiger partial charge in [0.05, 0.1) is 16.8 Å². The molecule has 4 heteroatoms. The van der Waals surface area contributed by atoms with E-state index in [9.17, 15) is 0 Å². The van der Waals surface area contributed by atoms with Crippen molar-refractivity contribution in [3.63, 3.8) is 0 Å². The van der Waals surface area contributed by atoms with Gasteiger partial charge >= 0.3 is 0 Å². The number of nitrogens with two attached hydrogens (primary N) is 1. The Kier molecular flexibility index (Phi) is 2.26. The number of hydrogen-bond donors (Lipinski definition) is 1. The number of thiazole rings is 1. The van der Waals surface area contributed by atoms with E-state index < -0.39 is 0 Å². The predicted molar refractivity (Wildman–Crippen MR) is 55.3 cm³/mol. The van der Waals surface area contributed by atoms with E-state index in [4.69, 9.17) is 5.84 Å². The number of rotatable bonds is 2. The minimum atomic E-state index is 0.708. The van der Waals surface area contributed by atoms with E-state index >= 15 is 0 Å². The van der Waals surface area contributed by atoms with E-state index in [0.29, 0.717) is 6.54 Å². The van der Waals surface area contributed by atoms with Crippen molar-refractivity contribution in [2.45, 2.75) is 6.54 Å². The maximum atomic E-state index is 5.55. The summed E-state index contributed by atoms with van der Waals surface area (Å²) in [4.78, 5) is 4.45. The molecule has 1 heterocycles. The van der Waals surface area contributed by atoms with Crippen molar-refractivity contribution in [2.24, 2.45) is 5.84 Å². The predicted octanol–water partition coefficient (Wildman–Crippen LogP) is 1.60. The first-order valence-corrected chi connectivity index (χ1v) is 4.87. The molecule has 0 atom stereocenters. The summed E-state index contributed by atoms with van der Waals surface area (Å²) in [6.07, 6.45) is 0. The number of hydrogen-bond acceptors (Lipinski definition) is 4. The van der Waals surface area contributed by atoms with Crippen LogP contribution in [0.25, 0.3) is 10.2 Å². The zero-order valence-corrected chi connectivity index (χ0v) is 8.21. The van der Waals surface area contributed by atoms with Crippen LogP contribution >= 0.6 is 11.3 Å². The minimum absolute atomic E-state index is 0.708. The van der Waals surface area contributed by atoms with Crippen LogP contribution in [0, 0.1) is 0 Å². The Morgan fingerprint density at radius 3 is 2.92 bits per heavy atom. The van der Waals surface area contributed by atoms with Gasteiger partial charge in [0.15, 0.2) is 0 Å². The van der Waals surface area contributed by atoms with Crippen LogP contribution in [0.2, 0.25) is 0 Å². The molecule has 13 heavy (non-hydrogen) atoms. The highest BCUT2D eigenvalue weighted by Gasteiger charge is 2.03. The molecule has 0 amide bonds. The molecule has 0 aliphatic heterocycles. The maximum Gasteiger partial charge on any atom is 0.109 e. The summed E-state index contributed by atoms with van der Waals surface area (Å²) in [5, 5.41) is 2.70. The number of fused-ring (bicyclic) bond motifs is 1. The molecule has 2 aromatic rings. The Balaban J connectivity index is 2.38. The fourth-order valence-electron chi connectivity index (χ4n) is 1.20. The Morgan fingerprint density at radius 2 is 2.23 bits per heavy atom. The van der Waals surface area contributed by atoms with E-state index in [2.05, 4.69) is 11.1 Å². The molecule has 0 fully saturated rings. The summed E-state index contributed by atoms with van der Waals surface area (Å²) < 4.78 is 1.22. The summed E-state index contributed by atoms with van der Waals surface area (Å²) in [6.45, 7) is 0.708. The summed E-state index contributed by atoms with van der Waals surface area (Å²) in [6, 6.07) is 8.12. The van der Waals surface area contributed by atoms with Gasteiger partial charge in [-0.1, -0.05) is 12.1 Å². The van der Waals surface area contributed by atoms with Gasteiger partial charge in [0.25, 0.3) is 0 Å². The van der Waals surface area contributed by atoms with E-state index in [1.54, 1.807) is 16.3 Å². The Labute approximate surface area is 80.8 Å². The average molecular weight is 193 g/mol. The molecule has 0 spiro atoms. The molecule has 0 aliphatic carbocycles. The van der Waals surface area contributed by atoms with Crippen molar-refractivity contribution in [1.29, 1.82) is 0 Å². The van der Waals surface area contributed by atoms with Gasteiger partial charge in [-0.2, -0.15) is 0 Å². The third-order valence-corrected chi connectivity index (χ3v) is 2.74. The van der Waals surface area contributed by atoms with E-state index in [1.165, 1.54) is 4.70 Å². The van der Waals surface area contributed by atoms with E-state index in [-0.39, 0.29) is 0 Å². The molecule has 3 nitrogen and oxygen atoms in total. The third kappa shape index (κ3) is 1.85. The zero-order valence-electron chi connectivity index (χ0n) is 7.40. The highest BCUT2D eigenvalue weighted by Crippen LogP contribution is 2.21. The molecule has 1 aromatic heterocycles. The quantitative estimate of drug-likeness (QED) is 0.582. The second-order valence-electron chi connectivity index (χ2n) is 2.99. The van der Waals surface area contributed by atoms with Crippen LogP contribution in [0.3, 0.4) is 0 Å². The summed E-state index contributed by atoms with van der Waals surface area (Å²) in [7, 11) is 1.84. The fourth-order valence-corrected chi connectivity index (χ4v) is 2.23. The van der Waals surface area contributed by atoms with Crippen molar-refractivity contribution in [1.82, 2.24) is 9.99 Å². The van der Waals surface area contributed by atoms with Crippen molar-refractivity contribution in [2.75, 3.05) is 7.05 Å². The van der Waals surface area contributed by atoms with E-state index in [1.807, 2.05) is 25.2 Å². The van der Waals surface area contributed by atoms with Gasteiger partial charge in [-0.25, -0.2) is 9.99 Å². The molecule has 0 aliphatic rings. The van der Waals surface area contributed by atoms with Gasteiger partial charge in [0.2, 0.25) is 0 Å². The molecule has 68 valence electrons. The first kappa shape index (κ1) is 8.62. The van der Waals surface area contributed by atoms with Gasteiger partial charge in [-0.15, -0.1) is 11.3 Å². The van der Waals surface area contributed by atoms with Gasteiger partial charge in [-0.05, 0) is 12.1 Å².